The normalized spacial score (nSPS) is 20.0. The number of ether oxygens (including phenoxy) is 2. The Morgan fingerprint density at radius 1 is 1.30 bits per heavy atom. The van der Waals surface area contributed by atoms with Crippen LogP contribution in [-0.2, 0) is 4.74 Å². The molecular formula is C20H29N7O2S. The van der Waals surface area contributed by atoms with Gasteiger partial charge < -0.3 is 19.8 Å². The van der Waals surface area contributed by atoms with Crippen molar-refractivity contribution in [3.8, 4) is 5.88 Å². The first-order valence-corrected chi connectivity index (χ1v) is 10.3. The van der Waals surface area contributed by atoms with E-state index in [4.69, 9.17) is 9.47 Å². The van der Waals surface area contributed by atoms with E-state index < -0.39 is 0 Å². The molecular weight excluding hydrogens is 402 g/mol. The molecule has 0 amide bonds. The molecule has 162 valence electrons. The summed E-state index contributed by atoms with van der Waals surface area (Å²) in [6.45, 7) is 8.49. The Balaban J connectivity index is 0.00000218. The number of rotatable bonds is 6. The summed E-state index contributed by atoms with van der Waals surface area (Å²) in [4.78, 5) is 14.8. The molecule has 2 N–H and O–H groups in total. The van der Waals surface area contributed by atoms with Gasteiger partial charge in [0.1, 0.15) is 5.65 Å². The first-order chi connectivity index (χ1) is 14.2. The van der Waals surface area contributed by atoms with Gasteiger partial charge in [0.15, 0.2) is 0 Å². The first-order valence-electron chi connectivity index (χ1n) is 10.3. The van der Waals surface area contributed by atoms with Crippen LogP contribution in [0.15, 0.2) is 18.5 Å². The molecule has 5 heterocycles. The molecule has 0 aliphatic carbocycles. The number of fused-ring (bicyclic) bond motifs is 1. The topological polar surface area (TPSA) is 93.1 Å². The van der Waals surface area contributed by atoms with Crippen molar-refractivity contribution in [3.05, 3.63) is 24.2 Å². The predicted octanol–water partition coefficient (Wildman–Crippen LogP) is 2.75. The largest absolute Gasteiger partial charge is 0.477 e. The minimum Gasteiger partial charge on any atom is -0.477 e. The number of H-pyrrole nitrogens is 1. The third-order valence-electron chi connectivity index (χ3n) is 5.86. The summed E-state index contributed by atoms with van der Waals surface area (Å²) in [5.74, 6) is 1.08. The van der Waals surface area contributed by atoms with Crippen molar-refractivity contribution in [1.29, 1.82) is 0 Å². The van der Waals surface area contributed by atoms with Gasteiger partial charge in [0, 0.05) is 12.7 Å². The van der Waals surface area contributed by atoms with Crippen LogP contribution in [0.4, 0.5) is 11.6 Å². The summed E-state index contributed by atoms with van der Waals surface area (Å²) < 4.78 is 13.2. The SMILES string of the molecule is CCOc1nc(Nc2cnn([C@H]3CCCN(C4COC4)C3)c2C)nc2[nH]ccc12.S. The van der Waals surface area contributed by atoms with Gasteiger partial charge in [-0.1, -0.05) is 0 Å². The summed E-state index contributed by atoms with van der Waals surface area (Å²) in [6, 6.07) is 2.88. The summed E-state index contributed by atoms with van der Waals surface area (Å²) >= 11 is 0. The van der Waals surface area contributed by atoms with Crippen molar-refractivity contribution >= 4 is 36.2 Å². The van der Waals surface area contributed by atoms with Crippen molar-refractivity contribution in [2.45, 2.75) is 38.8 Å². The molecule has 2 fully saturated rings. The quantitative estimate of drug-likeness (QED) is 0.620. The minimum absolute atomic E-state index is 0. The highest BCUT2D eigenvalue weighted by Crippen LogP contribution is 2.30. The van der Waals surface area contributed by atoms with Gasteiger partial charge >= 0.3 is 0 Å². The number of hydrogen-bond acceptors (Lipinski definition) is 7. The van der Waals surface area contributed by atoms with Crippen molar-refractivity contribution in [2.75, 3.05) is 38.2 Å². The van der Waals surface area contributed by atoms with E-state index in [2.05, 4.69) is 41.9 Å². The highest BCUT2D eigenvalue weighted by molar-refractivity contribution is 7.59. The lowest BCUT2D eigenvalue weighted by Crippen LogP contribution is -2.52. The van der Waals surface area contributed by atoms with Gasteiger partial charge in [-0.05, 0) is 39.3 Å². The van der Waals surface area contributed by atoms with Gasteiger partial charge in [-0.15, -0.1) is 0 Å². The van der Waals surface area contributed by atoms with E-state index in [0.717, 1.165) is 55.1 Å². The van der Waals surface area contributed by atoms with Crippen molar-refractivity contribution < 1.29 is 9.47 Å². The van der Waals surface area contributed by atoms with Gasteiger partial charge in [0.2, 0.25) is 11.8 Å². The van der Waals surface area contributed by atoms with E-state index in [9.17, 15) is 0 Å². The predicted molar refractivity (Wildman–Crippen MR) is 120 cm³/mol. The number of piperidine rings is 1. The Morgan fingerprint density at radius 2 is 2.17 bits per heavy atom. The maximum atomic E-state index is 5.69. The van der Waals surface area contributed by atoms with Crippen LogP contribution in [-0.4, -0.2) is 68.6 Å². The standard InChI is InChI=1S/C20H27N7O2.H2S/c1-3-29-19-16-6-7-21-18(16)24-20(25-19)23-17-9-22-27(13(17)2)14-5-4-8-26(10-14)15-11-28-12-15;/h6-7,9,14-15H,3-5,8,10-12H2,1-2H3,(H2,21,23,24,25);1H2/t14-;/m0./s1. The Bertz CT molecular complexity index is 1000. The van der Waals surface area contributed by atoms with E-state index >= 15 is 0 Å². The van der Waals surface area contributed by atoms with Gasteiger partial charge in [-0.3, -0.25) is 9.58 Å². The maximum Gasteiger partial charge on any atom is 0.232 e. The van der Waals surface area contributed by atoms with Crippen LogP contribution in [0.5, 0.6) is 5.88 Å². The molecule has 2 aliphatic rings. The number of nitrogens with one attached hydrogen (secondary N) is 2. The van der Waals surface area contributed by atoms with E-state index in [0.29, 0.717) is 30.5 Å². The van der Waals surface area contributed by atoms with Crippen LogP contribution >= 0.6 is 13.5 Å². The Labute approximate surface area is 182 Å². The van der Waals surface area contributed by atoms with Crippen LogP contribution in [0, 0.1) is 6.92 Å². The molecule has 1 atom stereocenters. The zero-order valence-corrected chi connectivity index (χ0v) is 18.4. The molecule has 0 spiro atoms. The molecule has 0 unspecified atom stereocenters. The fourth-order valence-corrected chi connectivity index (χ4v) is 4.20. The van der Waals surface area contributed by atoms with Gasteiger partial charge in [0.25, 0.3) is 0 Å². The number of anilines is 2. The molecule has 2 saturated heterocycles. The summed E-state index contributed by atoms with van der Waals surface area (Å²) in [5, 5.41) is 8.90. The lowest BCUT2D eigenvalue weighted by atomic mass is 10.0. The average molecular weight is 432 g/mol. The van der Waals surface area contributed by atoms with Crippen LogP contribution in [0.2, 0.25) is 0 Å². The minimum atomic E-state index is 0. The van der Waals surface area contributed by atoms with Gasteiger partial charge in [0.05, 0.1) is 54.9 Å². The van der Waals surface area contributed by atoms with E-state index in [1.54, 1.807) is 0 Å². The Hall–Kier alpha value is -2.30. The van der Waals surface area contributed by atoms with Crippen LogP contribution in [0.3, 0.4) is 0 Å². The Morgan fingerprint density at radius 3 is 2.93 bits per heavy atom. The van der Waals surface area contributed by atoms with Crippen LogP contribution in [0.25, 0.3) is 11.0 Å². The second-order valence-corrected chi connectivity index (χ2v) is 7.72. The molecule has 0 saturated carbocycles. The smallest absolute Gasteiger partial charge is 0.232 e. The number of nitrogens with zero attached hydrogens (tertiary/aromatic N) is 5. The Kier molecular flexibility index (Phi) is 6.16. The zero-order valence-electron chi connectivity index (χ0n) is 17.4. The summed E-state index contributed by atoms with van der Waals surface area (Å²) in [5.41, 5.74) is 2.76. The molecule has 0 aromatic carbocycles. The lowest BCUT2D eigenvalue weighted by molar-refractivity contribution is -0.0758. The van der Waals surface area contributed by atoms with E-state index in [1.807, 2.05) is 25.4 Å². The van der Waals surface area contributed by atoms with Crippen molar-refractivity contribution in [2.24, 2.45) is 0 Å². The first kappa shape index (κ1) is 21.0. The third kappa shape index (κ3) is 3.86. The van der Waals surface area contributed by atoms with Gasteiger partial charge in [-0.2, -0.15) is 28.6 Å². The zero-order chi connectivity index (χ0) is 19.8. The molecule has 5 rings (SSSR count). The maximum absolute atomic E-state index is 5.69. The molecule has 10 heteroatoms. The molecule has 0 bridgehead atoms. The fraction of sp³-hybridized carbons (Fsp3) is 0.550. The summed E-state index contributed by atoms with van der Waals surface area (Å²) in [7, 11) is 0. The van der Waals surface area contributed by atoms with E-state index in [-0.39, 0.29) is 13.5 Å². The molecule has 30 heavy (non-hydrogen) atoms. The van der Waals surface area contributed by atoms with Crippen molar-refractivity contribution in [3.63, 3.8) is 0 Å². The average Bonchev–Trinajstić information content (AvgIpc) is 3.28. The molecule has 0 radical (unpaired) electrons. The molecule has 3 aromatic heterocycles. The second-order valence-electron chi connectivity index (χ2n) is 7.72. The van der Waals surface area contributed by atoms with E-state index in [1.165, 1.54) is 6.42 Å². The molecule has 9 nitrogen and oxygen atoms in total. The number of aromatic nitrogens is 5. The fourth-order valence-electron chi connectivity index (χ4n) is 4.20. The second kappa shape index (κ2) is 8.83. The van der Waals surface area contributed by atoms with Crippen LogP contribution in [0.1, 0.15) is 31.5 Å². The van der Waals surface area contributed by atoms with Gasteiger partial charge in [-0.25, -0.2) is 0 Å². The van der Waals surface area contributed by atoms with Crippen LogP contribution < -0.4 is 10.1 Å². The highest BCUT2D eigenvalue weighted by atomic mass is 32.1. The van der Waals surface area contributed by atoms with Crippen molar-refractivity contribution in [1.82, 2.24) is 29.6 Å². The monoisotopic (exact) mass is 431 g/mol. The molecule has 3 aromatic rings. The molecule has 2 aliphatic heterocycles. The third-order valence-corrected chi connectivity index (χ3v) is 5.86. The lowest BCUT2D eigenvalue weighted by Gasteiger charge is -2.42. The number of likely N-dealkylation sites (tertiary alicyclic amines) is 1. The highest BCUT2D eigenvalue weighted by Gasteiger charge is 2.31. The number of hydrogen-bond donors (Lipinski definition) is 2. The number of aromatic amines is 1. The summed E-state index contributed by atoms with van der Waals surface area (Å²) in [6.07, 6.45) is 6.04.